The van der Waals surface area contributed by atoms with E-state index in [1.807, 2.05) is 18.8 Å². The molecule has 4 nitrogen and oxygen atoms in total. The van der Waals surface area contributed by atoms with Crippen molar-refractivity contribution >= 4 is 41.7 Å². The predicted molar refractivity (Wildman–Crippen MR) is 141 cm³/mol. The van der Waals surface area contributed by atoms with Crippen LogP contribution in [0.15, 0.2) is 70.6 Å². The second-order valence-corrected chi connectivity index (χ2v) is 9.35. The molecule has 2 aromatic carbocycles. The van der Waals surface area contributed by atoms with E-state index in [-0.39, 0.29) is 30.1 Å². The molecule has 0 spiro atoms. The molecule has 2 aromatic rings. The Balaban J connectivity index is 0.00000272. The van der Waals surface area contributed by atoms with Gasteiger partial charge in [-0.15, -0.1) is 35.7 Å². The van der Waals surface area contributed by atoms with Crippen molar-refractivity contribution in [2.24, 2.45) is 16.8 Å². The quantitative estimate of drug-likeness (QED) is 0.224. The summed E-state index contributed by atoms with van der Waals surface area (Å²) in [6.45, 7) is 3.94. The van der Waals surface area contributed by atoms with Crippen LogP contribution in [0.1, 0.15) is 30.9 Å². The zero-order valence-electron chi connectivity index (χ0n) is 18.3. The minimum atomic E-state index is 0. The maximum absolute atomic E-state index is 6.16. The monoisotopic (exact) mass is 551 g/mol. The van der Waals surface area contributed by atoms with Gasteiger partial charge in [0.2, 0.25) is 0 Å². The predicted octanol–water partition coefficient (Wildman–Crippen LogP) is 5.46. The molecule has 0 bridgehead atoms. The van der Waals surface area contributed by atoms with Crippen molar-refractivity contribution in [2.75, 3.05) is 39.0 Å². The highest BCUT2D eigenvalue weighted by Crippen LogP contribution is 2.33. The van der Waals surface area contributed by atoms with Crippen LogP contribution in [0.3, 0.4) is 0 Å². The first-order valence-corrected chi connectivity index (χ1v) is 12.1. The number of nitrogens with zero attached hydrogens (tertiary/aromatic N) is 2. The fourth-order valence-corrected chi connectivity index (χ4v) is 5.56. The number of likely N-dealkylation sites (tertiary alicyclic amines) is 1. The number of rotatable bonds is 6. The number of hydrogen-bond donors (Lipinski definition) is 1. The highest BCUT2D eigenvalue weighted by molar-refractivity contribution is 14.0. The minimum absolute atomic E-state index is 0. The summed E-state index contributed by atoms with van der Waals surface area (Å²) in [6.07, 6.45) is 3.75. The number of thioether (sulfide) groups is 1. The Hall–Kier alpha value is -1.25. The average Bonchev–Trinajstić information content (AvgIpc) is 3.28. The van der Waals surface area contributed by atoms with Gasteiger partial charge in [0.25, 0.3) is 0 Å². The summed E-state index contributed by atoms with van der Waals surface area (Å²) in [5.74, 6) is 3.40. The summed E-state index contributed by atoms with van der Waals surface area (Å²) < 4.78 is 6.16. The Morgan fingerprint density at radius 3 is 2.58 bits per heavy atom. The number of halogens is 1. The topological polar surface area (TPSA) is 36.9 Å². The van der Waals surface area contributed by atoms with Gasteiger partial charge in [0.05, 0.1) is 6.10 Å². The van der Waals surface area contributed by atoms with E-state index in [9.17, 15) is 0 Å². The van der Waals surface area contributed by atoms with E-state index in [4.69, 9.17) is 4.74 Å². The van der Waals surface area contributed by atoms with E-state index in [1.54, 1.807) is 0 Å². The summed E-state index contributed by atoms with van der Waals surface area (Å²) >= 11 is 1.97. The van der Waals surface area contributed by atoms with Gasteiger partial charge in [-0.1, -0.05) is 48.5 Å². The van der Waals surface area contributed by atoms with E-state index in [0.717, 1.165) is 38.6 Å². The molecule has 2 aliphatic heterocycles. The third-order valence-electron chi connectivity index (χ3n) is 6.12. The van der Waals surface area contributed by atoms with Crippen molar-refractivity contribution in [1.82, 2.24) is 10.2 Å². The highest BCUT2D eigenvalue weighted by Gasteiger charge is 2.29. The van der Waals surface area contributed by atoms with Crippen molar-refractivity contribution in [3.63, 3.8) is 0 Å². The third-order valence-corrected chi connectivity index (χ3v) is 7.36. The summed E-state index contributed by atoms with van der Waals surface area (Å²) in [4.78, 5) is 8.38. The molecule has 6 heteroatoms. The maximum atomic E-state index is 6.16. The first-order chi connectivity index (χ1) is 14.8. The van der Waals surface area contributed by atoms with Crippen LogP contribution in [-0.4, -0.2) is 49.9 Å². The zero-order chi connectivity index (χ0) is 20.6. The van der Waals surface area contributed by atoms with Gasteiger partial charge in [0.15, 0.2) is 5.96 Å². The van der Waals surface area contributed by atoms with Crippen LogP contribution in [-0.2, 0) is 4.74 Å². The number of hydrogen-bond acceptors (Lipinski definition) is 3. The third kappa shape index (κ3) is 6.86. The van der Waals surface area contributed by atoms with Gasteiger partial charge in [-0.3, -0.25) is 4.99 Å². The van der Waals surface area contributed by atoms with Crippen LogP contribution in [0.25, 0.3) is 0 Å². The van der Waals surface area contributed by atoms with Gasteiger partial charge in [0, 0.05) is 49.9 Å². The van der Waals surface area contributed by atoms with Crippen molar-refractivity contribution in [2.45, 2.75) is 30.3 Å². The van der Waals surface area contributed by atoms with E-state index < -0.39 is 0 Å². The lowest BCUT2D eigenvalue weighted by atomic mass is 9.89. The Kier molecular flexibility index (Phi) is 9.99. The van der Waals surface area contributed by atoms with Crippen molar-refractivity contribution in [3.05, 3.63) is 66.2 Å². The zero-order valence-corrected chi connectivity index (χ0v) is 21.4. The molecular formula is C25H34IN3OS. The van der Waals surface area contributed by atoms with Gasteiger partial charge in [-0.25, -0.2) is 0 Å². The van der Waals surface area contributed by atoms with Gasteiger partial charge >= 0.3 is 0 Å². The van der Waals surface area contributed by atoms with Crippen LogP contribution in [0.5, 0.6) is 0 Å². The largest absolute Gasteiger partial charge is 0.373 e. The molecule has 2 aliphatic rings. The summed E-state index contributed by atoms with van der Waals surface area (Å²) in [5.41, 5.74) is 1.29. The van der Waals surface area contributed by atoms with Crippen LogP contribution in [0, 0.1) is 11.8 Å². The number of nitrogens with one attached hydrogen (secondary N) is 1. The van der Waals surface area contributed by atoms with Crippen molar-refractivity contribution in [1.29, 1.82) is 0 Å². The number of ether oxygens (including phenoxy) is 1. The molecule has 0 radical (unpaired) electrons. The smallest absolute Gasteiger partial charge is 0.193 e. The summed E-state index contributed by atoms with van der Waals surface area (Å²) in [6, 6.07) is 21.4. The van der Waals surface area contributed by atoms with Crippen LogP contribution in [0.4, 0.5) is 0 Å². The first-order valence-electron chi connectivity index (χ1n) is 11.1. The standard InChI is InChI=1S/C25H33N3OS.HI/c1-26-25(28-15-14-20(18-28)19-30-23-12-6-3-7-13-23)27-17-22-11-8-16-29-24(22)21-9-4-2-5-10-21;/h2-7,9-10,12-13,20,22,24H,8,11,14-19H2,1H3,(H,26,27);1H. The molecule has 31 heavy (non-hydrogen) atoms. The highest BCUT2D eigenvalue weighted by atomic mass is 127. The van der Waals surface area contributed by atoms with E-state index in [2.05, 4.69) is 75.9 Å². The fraction of sp³-hybridized carbons (Fsp3) is 0.480. The summed E-state index contributed by atoms with van der Waals surface area (Å²) in [5, 5.41) is 3.66. The molecule has 2 fully saturated rings. The lowest BCUT2D eigenvalue weighted by molar-refractivity contribution is -0.0266. The lowest BCUT2D eigenvalue weighted by Crippen LogP contribution is -2.43. The molecule has 0 saturated carbocycles. The Morgan fingerprint density at radius 1 is 1.10 bits per heavy atom. The number of guanidine groups is 1. The molecular weight excluding hydrogens is 517 g/mol. The second-order valence-electron chi connectivity index (χ2n) is 8.26. The molecule has 0 aromatic heterocycles. The normalized spacial score (nSPS) is 24.0. The van der Waals surface area contributed by atoms with E-state index in [0.29, 0.717) is 11.8 Å². The minimum Gasteiger partial charge on any atom is -0.373 e. The Morgan fingerprint density at radius 2 is 1.84 bits per heavy atom. The Labute approximate surface area is 208 Å². The number of aliphatic imine (C=N–C) groups is 1. The summed E-state index contributed by atoms with van der Waals surface area (Å²) in [7, 11) is 1.90. The molecule has 4 rings (SSSR count). The molecule has 1 N–H and O–H groups in total. The van der Waals surface area contributed by atoms with E-state index >= 15 is 0 Å². The second kappa shape index (κ2) is 12.7. The molecule has 2 saturated heterocycles. The lowest BCUT2D eigenvalue weighted by Gasteiger charge is -2.33. The molecule has 3 atom stereocenters. The average molecular weight is 552 g/mol. The molecule has 3 unspecified atom stereocenters. The van der Waals surface area contributed by atoms with Crippen molar-refractivity contribution < 1.29 is 4.74 Å². The van der Waals surface area contributed by atoms with Gasteiger partial charge in [-0.2, -0.15) is 0 Å². The molecule has 0 amide bonds. The van der Waals surface area contributed by atoms with Gasteiger partial charge in [0.1, 0.15) is 0 Å². The molecule has 2 heterocycles. The molecule has 168 valence electrons. The van der Waals surface area contributed by atoms with Crippen LogP contribution < -0.4 is 5.32 Å². The molecule has 0 aliphatic carbocycles. The van der Waals surface area contributed by atoms with Gasteiger partial charge in [-0.05, 0) is 42.9 Å². The van der Waals surface area contributed by atoms with Crippen LogP contribution in [0.2, 0.25) is 0 Å². The van der Waals surface area contributed by atoms with Crippen LogP contribution >= 0.6 is 35.7 Å². The number of benzene rings is 2. The fourth-order valence-electron chi connectivity index (χ4n) is 4.51. The van der Waals surface area contributed by atoms with Crippen molar-refractivity contribution in [3.8, 4) is 0 Å². The van der Waals surface area contributed by atoms with E-state index in [1.165, 1.54) is 29.1 Å². The maximum Gasteiger partial charge on any atom is 0.193 e. The first kappa shape index (κ1) is 24.4. The Bertz CT molecular complexity index is 805. The SMILES string of the molecule is CN=C(NCC1CCCOC1c1ccccc1)N1CCC(CSc2ccccc2)C1.I. The van der Waals surface area contributed by atoms with Gasteiger partial charge < -0.3 is 15.0 Å².